The summed E-state index contributed by atoms with van der Waals surface area (Å²) in [5.74, 6) is -1.39. The van der Waals surface area contributed by atoms with E-state index in [1.807, 2.05) is 6.92 Å². The lowest BCUT2D eigenvalue weighted by Crippen LogP contribution is -2.44. The molecule has 2 heterocycles. The van der Waals surface area contributed by atoms with E-state index in [2.05, 4.69) is 20.9 Å². The fourth-order valence-corrected chi connectivity index (χ4v) is 2.21. The predicted octanol–water partition coefficient (Wildman–Crippen LogP) is -1.28. The van der Waals surface area contributed by atoms with E-state index in [4.69, 9.17) is 9.84 Å². The Balaban J connectivity index is 1.77. The third kappa shape index (κ3) is 3.99. The number of nitrogens with zero attached hydrogens (tertiary/aromatic N) is 3. The lowest BCUT2D eigenvalue weighted by atomic mass is 10.0. The maximum Gasteiger partial charge on any atom is 0.358 e. The topological polar surface area (TPSA) is 118 Å². The van der Waals surface area contributed by atoms with Crippen LogP contribution < -0.4 is 10.6 Å². The maximum atomic E-state index is 12.1. The Labute approximate surface area is 121 Å². The van der Waals surface area contributed by atoms with Gasteiger partial charge in [-0.25, -0.2) is 9.48 Å². The Bertz CT molecular complexity index is 504. The molecule has 0 bridgehead atoms. The molecule has 1 aliphatic heterocycles. The number of hydrogen-bond acceptors (Lipinski definition) is 6. The summed E-state index contributed by atoms with van der Waals surface area (Å²) in [5, 5.41) is 21.9. The second-order valence-corrected chi connectivity index (χ2v) is 4.77. The molecule has 0 aliphatic carbocycles. The van der Waals surface area contributed by atoms with Crippen LogP contribution in [0.4, 0.5) is 0 Å². The number of likely N-dealkylation sites (N-methyl/N-ethyl adjacent to an activating group) is 1. The summed E-state index contributed by atoms with van der Waals surface area (Å²) in [6.07, 6.45) is 1.33. The van der Waals surface area contributed by atoms with Crippen LogP contribution in [0.1, 0.15) is 17.4 Å². The van der Waals surface area contributed by atoms with Gasteiger partial charge >= 0.3 is 5.97 Å². The summed E-state index contributed by atoms with van der Waals surface area (Å²) in [6, 6.07) is 0.0417. The van der Waals surface area contributed by atoms with Crippen LogP contribution >= 0.6 is 0 Å². The molecule has 0 spiro atoms. The van der Waals surface area contributed by atoms with Crippen molar-refractivity contribution < 1.29 is 19.4 Å². The molecule has 2 unspecified atom stereocenters. The Morgan fingerprint density at radius 1 is 1.52 bits per heavy atom. The summed E-state index contributed by atoms with van der Waals surface area (Å²) < 4.78 is 6.71. The van der Waals surface area contributed by atoms with E-state index in [1.165, 1.54) is 10.9 Å². The minimum absolute atomic E-state index is 0.0417. The average Bonchev–Trinajstić information content (AvgIpc) is 3.08. The third-order valence-electron chi connectivity index (χ3n) is 3.28. The van der Waals surface area contributed by atoms with E-state index in [1.54, 1.807) is 0 Å². The number of carbonyl (C=O) groups is 2. The van der Waals surface area contributed by atoms with Crippen molar-refractivity contribution in [3.8, 4) is 0 Å². The van der Waals surface area contributed by atoms with E-state index in [9.17, 15) is 9.59 Å². The zero-order chi connectivity index (χ0) is 15.2. The molecule has 21 heavy (non-hydrogen) atoms. The summed E-state index contributed by atoms with van der Waals surface area (Å²) >= 11 is 0. The number of ether oxygens (including phenoxy) is 1. The van der Waals surface area contributed by atoms with E-state index >= 15 is 0 Å². The molecule has 2 rings (SSSR count). The number of aromatic carboxylic acids is 1. The molecular formula is C12H19N5O4. The molecule has 9 nitrogen and oxygen atoms in total. The Morgan fingerprint density at radius 3 is 3.00 bits per heavy atom. The molecule has 1 fully saturated rings. The van der Waals surface area contributed by atoms with Gasteiger partial charge in [0.1, 0.15) is 0 Å². The number of carbonyl (C=O) groups excluding carboxylic acids is 1. The molecule has 0 aromatic carbocycles. The van der Waals surface area contributed by atoms with Gasteiger partial charge < -0.3 is 20.5 Å². The number of hydrogen-bond donors (Lipinski definition) is 3. The molecule has 1 saturated heterocycles. The molecule has 9 heteroatoms. The first-order valence-corrected chi connectivity index (χ1v) is 6.84. The number of nitrogens with one attached hydrogen (secondary N) is 2. The lowest BCUT2D eigenvalue weighted by molar-refractivity contribution is -0.125. The van der Waals surface area contributed by atoms with Crippen molar-refractivity contribution in [2.45, 2.75) is 19.5 Å². The van der Waals surface area contributed by atoms with Crippen LogP contribution in [-0.4, -0.2) is 64.3 Å². The fourth-order valence-electron chi connectivity index (χ4n) is 2.21. The van der Waals surface area contributed by atoms with Crippen LogP contribution in [0.25, 0.3) is 0 Å². The largest absolute Gasteiger partial charge is 0.476 e. The van der Waals surface area contributed by atoms with Crippen LogP contribution in [0, 0.1) is 5.92 Å². The van der Waals surface area contributed by atoms with Gasteiger partial charge in [0, 0.05) is 12.6 Å². The van der Waals surface area contributed by atoms with Crippen LogP contribution in [0.3, 0.4) is 0 Å². The van der Waals surface area contributed by atoms with Crippen molar-refractivity contribution in [1.82, 2.24) is 25.6 Å². The minimum atomic E-state index is -1.12. The van der Waals surface area contributed by atoms with Crippen molar-refractivity contribution in [3.05, 3.63) is 11.9 Å². The van der Waals surface area contributed by atoms with Crippen LogP contribution in [0.15, 0.2) is 6.20 Å². The van der Waals surface area contributed by atoms with Gasteiger partial charge in [-0.05, 0) is 6.54 Å². The number of aromatic nitrogens is 3. The van der Waals surface area contributed by atoms with Crippen molar-refractivity contribution >= 4 is 11.9 Å². The Hall–Kier alpha value is -2.00. The average molecular weight is 297 g/mol. The minimum Gasteiger partial charge on any atom is -0.476 e. The first-order valence-electron chi connectivity index (χ1n) is 6.84. The van der Waals surface area contributed by atoms with E-state index in [0.29, 0.717) is 26.3 Å². The highest BCUT2D eigenvalue weighted by Crippen LogP contribution is 2.13. The summed E-state index contributed by atoms with van der Waals surface area (Å²) in [6.45, 7) is 4.45. The van der Waals surface area contributed by atoms with Crippen molar-refractivity contribution in [2.75, 3.05) is 26.3 Å². The van der Waals surface area contributed by atoms with E-state index in [-0.39, 0.29) is 23.6 Å². The standard InChI is InChI=1S/C12H19N5O4/c1-2-13-10-7-21-6-8(10)11(18)14-3-4-17-5-9(12(19)20)15-16-17/h5,8,10,13H,2-4,6-7H2,1H3,(H,14,18)(H,19,20). The highest BCUT2D eigenvalue weighted by atomic mass is 16.5. The second-order valence-electron chi connectivity index (χ2n) is 4.77. The molecule has 2 atom stereocenters. The zero-order valence-corrected chi connectivity index (χ0v) is 11.8. The zero-order valence-electron chi connectivity index (χ0n) is 11.8. The monoisotopic (exact) mass is 297 g/mol. The van der Waals surface area contributed by atoms with E-state index < -0.39 is 5.97 Å². The van der Waals surface area contributed by atoms with Gasteiger partial charge in [-0.15, -0.1) is 5.10 Å². The number of carboxylic acids is 1. The molecule has 0 saturated carbocycles. The first-order chi connectivity index (χ1) is 10.1. The van der Waals surface area contributed by atoms with Crippen molar-refractivity contribution in [2.24, 2.45) is 5.92 Å². The lowest BCUT2D eigenvalue weighted by Gasteiger charge is -2.17. The normalized spacial score (nSPS) is 21.4. The van der Waals surface area contributed by atoms with Gasteiger partial charge in [0.25, 0.3) is 0 Å². The predicted molar refractivity (Wildman–Crippen MR) is 71.8 cm³/mol. The molecule has 1 amide bonds. The van der Waals surface area contributed by atoms with Crippen LogP contribution in [0.5, 0.6) is 0 Å². The molecule has 1 aromatic heterocycles. The van der Waals surface area contributed by atoms with Crippen LogP contribution in [-0.2, 0) is 16.1 Å². The molecular weight excluding hydrogens is 278 g/mol. The summed E-state index contributed by atoms with van der Waals surface area (Å²) in [5.41, 5.74) is -0.113. The van der Waals surface area contributed by atoms with Gasteiger partial charge in [0.05, 0.1) is 31.9 Å². The summed E-state index contributed by atoms with van der Waals surface area (Å²) in [4.78, 5) is 22.7. The Kier molecular flexibility index (Phi) is 5.23. The number of amides is 1. The van der Waals surface area contributed by atoms with Gasteiger partial charge in [-0.2, -0.15) is 0 Å². The van der Waals surface area contributed by atoms with Crippen molar-refractivity contribution in [1.29, 1.82) is 0 Å². The first kappa shape index (κ1) is 15.4. The quantitative estimate of drug-likeness (QED) is 0.573. The molecule has 116 valence electrons. The van der Waals surface area contributed by atoms with Crippen molar-refractivity contribution in [3.63, 3.8) is 0 Å². The second kappa shape index (κ2) is 7.14. The van der Waals surface area contributed by atoms with Gasteiger partial charge in [-0.3, -0.25) is 4.79 Å². The Morgan fingerprint density at radius 2 is 2.33 bits per heavy atom. The highest BCUT2D eigenvalue weighted by molar-refractivity contribution is 5.84. The molecule has 1 aromatic rings. The fraction of sp³-hybridized carbons (Fsp3) is 0.667. The SMILES string of the molecule is CCNC1COCC1C(=O)NCCn1cc(C(=O)O)nn1. The molecule has 0 radical (unpaired) electrons. The highest BCUT2D eigenvalue weighted by Gasteiger charge is 2.33. The molecule has 3 N–H and O–H groups in total. The van der Waals surface area contributed by atoms with Gasteiger partial charge in [-0.1, -0.05) is 12.1 Å². The van der Waals surface area contributed by atoms with Crippen LogP contribution in [0.2, 0.25) is 0 Å². The van der Waals surface area contributed by atoms with Gasteiger partial charge in [0.15, 0.2) is 5.69 Å². The summed E-state index contributed by atoms with van der Waals surface area (Å²) in [7, 11) is 0. The van der Waals surface area contributed by atoms with Gasteiger partial charge in [0.2, 0.25) is 5.91 Å². The number of carboxylic acid groups (broad SMARTS) is 1. The van der Waals surface area contributed by atoms with E-state index in [0.717, 1.165) is 6.54 Å². The smallest absolute Gasteiger partial charge is 0.358 e. The molecule has 1 aliphatic rings. The number of rotatable bonds is 7. The third-order valence-corrected chi connectivity index (χ3v) is 3.28. The maximum absolute atomic E-state index is 12.1.